The number of likely N-dealkylation sites (N-methyl/N-ethyl adjacent to an activating group) is 1. The van der Waals surface area contributed by atoms with Gasteiger partial charge in [-0.05, 0) is 26.3 Å². The molecule has 0 unspecified atom stereocenters. The molecule has 0 aromatic rings. The van der Waals surface area contributed by atoms with Crippen molar-refractivity contribution in [3.63, 3.8) is 0 Å². The van der Waals surface area contributed by atoms with E-state index >= 15 is 0 Å². The van der Waals surface area contributed by atoms with Crippen molar-refractivity contribution in [2.24, 2.45) is 0 Å². The maximum atomic E-state index is 11.8. The third-order valence-corrected chi connectivity index (χ3v) is 6.48. The van der Waals surface area contributed by atoms with Crippen molar-refractivity contribution in [3.05, 3.63) is 0 Å². The van der Waals surface area contributed by atoms with Crippen LogP contribution >= 0.6 is 0 Å². The molecule has 0 saturated heterocycles. The van der Waals surface area contributed by atoms with Crippen molar-refractivity contribution in [2.45, 2.75) is 136 Å². The third-order valence-electron chi connectivity index (χ3n) is 6.48. The standard InChI is InChI=1S/C30H57NO6/c1-4-5-6-7-8-9-10-13-16-19-22-29(33)36-24-20-17-14-11-12-15-18-21-25-37-30(34)27-31(3)23-26-35-28(2)32/h4-27H2,1-3H3. The van der Waals surface area contributed by atoms with Crippen LogP contribution in [0, 0.1) is 0 Å². The summed E-state index contributed by atoms with van der Waals surface area (Å²) < 4.78 is 15.5. The van der Waals surface area contributed by atoms with Gasteiger partial charge in [-0.1, -0.05) is 103 Å². The molecule has 0 aromatic heterocycles. The summed E-state index contributed by atoms with van der Waals surface area (Å²) in [6, 6.07) is 0. The minimum atomic E-state index is -0.313. The van der Waals surface area contributed by atoms with E-state index in [9.17, 15) is 14.4 Å². The monoisotopic (exact) mass is 527 g/mol. The van der Waals surface area contributed by atoms with E-state index in [-0.39, 0.29) is 31.1 Å². The minimum Gasteiger partial charge on any atom is -0.466 e. The molecular formula is C30H57NO6. The van der Waals surface area contributed by atoms with Gasteiger partial charge in [-0.3, -0.25) is 19.3 Å². The highest BCUT2D eigenvalue weighted by atomic mass is 16.5. The van der Waals surface area contributed by atoms with Crippen LogP contribution < -0.4 is 0 Å². The number of esters is 3. The van der Waals surface area contributed by atoms with Gasteiger partial charge in [0.15, 0.2) is 0 Å². The van der Waals surface area contributed by atoms with Crippen LogP contribution in [0.2, 0.25) is 0 Å². The quantitative estimate of drug-likeness (QED) is 0.0646. The van der Waals surface area contributed by atoms with Crippen LogP contribution in [0.15, 0.2) is 0 Å². The van der Waals surface area contributed by atoms with Crippen LogP contribution in [-0.2, 0) is 28.6 Å². The molecule has 0 fully saturated rings. The molecule has 0 aromatic carbocycles. The fraction of sp³-hybridized carbons (Fsp3) is 0.900. The third kappa shape index (κ3) is 28.8. The van der Waals surface area contributed by atoms with E-state index in [2.05, 4.69) is 6.92 Å². The molecule has 7 nitrogen and oxygen atoms in total. The maximum absolute atomic E-state index is 11.8. The molecule has 37 heavy (non-hydrogen) atoms. The molecule has 0 N–H and O–H groups in total. The van der Waals surface area contributed by atoms with E-state index in [0.29, 0.717) is 26.2 Å². The molecule has 0 heterocycles. The largest absolute Gasteiger partial charge is 0.466 e. The molecule has 0 amide bonds. The Bertz CT molecular complexity index is 554. The van der Waals surface area contributed by atoms with Crippen LogP contribution in [0.5, 0.6) is 0 Å². The summed E-state index contributed by atoms with van der Waals surface area (Å²) >= 11 is 0. The fourth-order valence-electron chi connectivity index (χ4n) is 4.16. The van der Waals surface area contributed by atoms with Gasteiger partial charge in [-0.2, -0.15) is 0 Å². The molecule has 0 atom stereocenters. The van der Waals surface area contributed by atoms with Gasteiger partial charge in [0.05, 0.1) is 19.8 Å². The van der Waals surface area contributed by atoms with E-state index < -0.39 is 0 Å². The van der Waals surface area contributed by atoms with Crippen molar-refractivity contribution >= 4 is 17.9 Å². The lowest BCUT2D eigenvalue weighted by molar-refractivity contribution is -0.146. The first kappa shape index (κ1) is 35.4. The zero-order chi connectivity index (χ0) is 27.4. The lowest BCUT2D eigenvalue weighted by Crippen LogP contribution is -2.30. The number of rotatable bonds is 27. The van der Waals surface area contributed by atoms with Crippen molar-refractivity contribution in [1.29, 1.82) is 0 Å². The zero-order valence-electron chi connectivity index (χ0n) is 24.4. The average Bonchev–Trinajstić information content (AvgIpc) is 2.85. The van der Waals surface area contributed by atoms with Crippen molar-refractivity contribution < 1.29 is 28.6 Å². The summed E-state index contributed by atoms with van der Waals surface area (Å²) in [5.74, 6) is -0.588. The highest BCUT2D eigenvalue weighted by Crippen LogP contribution is 2.12. The molecule has 0 saturated carbocycles. The molecule has 0 spiro atoms. The van der Waals surface area contributed by atoms with Gasteiger partial charge in [0.1, 0.15) is 6.61 Å². The van der Waals surface area contributed by atoms with E-state index in [0.717, 1.165) is 44.9 Å². The second-order valence-electron chi connectivity index (χ2n) is 10.3. The Hall–Kier alpha value is -1.63. The van der Waals surface area contributed by atoms with E-state index in [1.54, 1.807) is 11.9 Å². The van der Waals surface area contributed by atoms with Crippen LogP contribution in [0.4, 0.5) is 0 Å². The van der Waals surface area contributed by atoms with Crippen molar-refractivity contribution in [1.82, 2.24) is 4.90 Å². The topological polar surface area (TPSA) is 82.1 Å². The van der Waals surface area contributed by atoms with Crippen LogP contribution in [0.1, 0.15) is 136 Å². The number of carbonyl (C=O) groups is 3. The zero-order valence-corrected chi connectivity index (χ0v) is 24.4. The Balaban J connectivity index is 3.31. The summed E-state index contributed by atoms with van der Waals surface area (Å²) in [6.07, 6.45) is 22.0. The highest BCUT2D eigenvalue weighted by molar-refractivity contribution is 5.71. The lowest BCUT2D eigenvalue weighted by Gasteiger charge is -2.15. The van der Waals surface area contributed by atoms with Gasteiger partial charge < -0.3 is 14.2 Å². The van der Waals surface area contributed by atoms with Gasteiger partial charge in [-0.15, -0.1) is 0 Å². The number of carbonyl (C=O) groups excluding carboxylic acids is 3. The van der Waals surface area contributed by atoms with Crippen LogP contribution in [0.3, 0.4) is 0 Å². The predicted molar refractivity (Wildman–Crippen MR) is 149 cm³/mol. The SMILES string of the molecule is CCCCCCCCCCCCC(=O)OCCCCCCCCCCOC(=O)CN(C)CCOC(C)=O. The molecule has 0 aliphatic heterocycles. The first-order valence-electron chi connectivity index (χ1n) is 15.1. The Morgan fingerprint density at radius 1 is 0.541 bits per heavy atom. The summed E-state index contributed by atoms with van der Waals surface area (Å²) in [6.45, 7) is 5.63. The van der Waals surface area contributed by atoms with Gasteiger partial charge in [0.25, 0.3) is 0 Å². The predicted octanol–water partition coefficient (Wildman–Crippen LogP) is 7.00. The maximum Gasteiger partial charge on any atom is 0.320 e. The number of hydrogen-bond acceptors (Lipinski definition) is 7. The normalized spacial score (nSPS) is 11.0. The fourth-order valence-corrected chi connectivity index (χ4v) is 4.16. The van der Waals surface area contributed by atoms with Gasteiger partial charge in [0, 0.05) is 19.9 Å². The first-order chi connectivity index (χ1) is 18.0. The van der Waals surface area contributed by atoms with Gasteiger partial charge in [-0.25, -0.2) is 0 Å². The summed E-state index contributed by atoms with van der Waals surface area (Å²) in [7, 11) is 1.80. The average molecular weight is 528 g/mol. The summed E-state index contributed by atoms with van der Waals surface area (Å²) in [4.78, 5) is 36.1. The number of unbranched alkanes of at least 4 members (excludes halogenated alkanes) is 16. The smallest absolute Gasteiger partial charge is 0.320 e. The summed E-state index contributed by atoms with van der Waals surface area (Å²) in [5, 5.41) is 0. The molecule has 0 aliphatic carbocycles. The number of ether oxygens (including phenoxy) is 3. The molecule has 0 radical (unpaired) electrons. The van der Waals surface area contributed by atoms with E-state index in [4.69, 9.17) is 14.2 Å². The van der Waals surface area contributed by atoms with Gasteiger partial charge >= 0.3 is 17.9 Å². The minimum absolute atomic E-state index is 0.0334. The molecule has 7 heteroatoms. The highest BCUT2D eigenvalue weighted by Gasteiger charge is 2.08. The second kappa shape index (κ2) is 27.4. The lowest BCUT2D eigenvalue weighted by atomic mass is 10.1. The number of nitrogens with zero attached hydrogens (tertiary/aromatic N) is 1. The van der Waals surface area contributed by atoms with Crippen molar-refractivity contribution in [3.8, 4) is 0 Å². The van der Waals surface area contributed by atoms with E-state index in [1.807, 2.05) is 0 Å². The molecular weight excluding hydrogens is 470 g/mol. The Kier molecular flexibility index (Phi) is 26.2. The molecule has 0 aliphatic rings. The van der Waals surface area contributed by atoms with Gasteiger partial charge in [0.2, 0.25) is 0 Å². The molecule has 0 rings (SSSR count). The van der Waals surface area contributed by atoms with Crippen molar-refractivity contribution in [2.75, 3.05) is 40.0 Å². The summed E-state index contributed by atoms with van der Waals surface area (Å²) in [5.41, 5.74) is 0. The van der Waals surface area contributed by atoms with E-state index in [1.165, 1.54) is 77.6 Å². The number of hydrogen-bond donors (Lipinski definition) is 0. The van der Waals surface area contributed by atoms with Crippen LogP contribution in [0.25, 0.3) is 0 Å². The Labute approximate surface area is 227 Å². The van der Waals surface area contributed by atoms with Crippen LogP contribution in [-0.4, -0.2) is 62.8 Å². The Morgan fingerprint density at radius 3 is 1.46 bits per heavy atom. The Morgan fingerprint density at radius 2 is 0.973 bits per heavy atom. The molecule has 0 bridgehead atoms. The second-order valence-corrected chi connectivity index (χ2v) is 10.3. The first-order valence-corrected chi connectivity index (χ1v) is 15.1. The molecule has 218 valence electrons.